The van der Waals surface area contributed by atoms with E-state index in [9.17, 15) is 4.79 Å². The van der Waals surface area contributed by atoms with Gasteiger partial charge in [0, 0.05) is 70.2 Å². The Morgan fingerprint density at radius 3 is 2.50 bits per heavy atom. The zero-order valence-corrected chi connectivity index (χ0v) is 18.7. The highest BCUT2D eigenvalue weighted by Crippen LogP contribution is 2.18. The number of aryl methyl sites for hydroxylation is 1. The van der Waals surface area contributed by atoms with Gasteiger partial charge in [-0.05, 0) is 18.2 Å². The average Bonchev–Trinajstić information content (AvgIpc) is 3.26. The molecule has 0 radical (unpaired) electrons. The molecule has 0 unspecified atom stereocenters. The van der Waals surface area contributed by atoms with Crippen LogP contribution >= 0.6 is 11.8 Å². The smallest absolute Gasteiger partial charge is 0.258 e. The Morgan fingerprint density at radius 2 is 1.84 bits per heavy atom. The summed E-state index contributed by atoms with van der Waals surface area (Å²) in [5.74, 6) is 2.67. The second-order valence-electron chi connectivity index (χ2n) is 7.20. The lowest BCUT2D eigenvalue weighted by Gasteiger charge is -2.35. The molecule has 1 aliphatic heterocycles. The summed E-state index contributed by atoms with van der Waals surface area (Å²) in [6.07, 6.45) is 5.46. The number of rotatable bonds is 9. The van der Waals surface area contributed by atoms with Crippen LogP contribution in [0.4, 0.5) is 11.6 Å². The highest BCUT2D eigenvalue weighted by molar-refractivity contribution is 7.99. The van der Waals surface area contributed by atoms with Gasteiger partial charge in [-0.25, -0.2) is 9.97 Å². The van der Waals surface area contributed by atoms with Crippen molar-refractivity contribution in [2.75, 3.05) is 54.9 Å². The number of aromatic nitrogens is 5. The van der Waals surface area contributed by atoms with Crippen LogP contribution in [-0.4, -0.2) is 75.7 Å². The second-order valence-corrected chi connectivity index (χ2v) is 8.26. The number of nitrogens with one attached hydrogen (secondary N) is 1. The maximum Gasteiger partial charge on any atom is 0.258 e. The fraction of sp³-hybridized carbons (Fsp3) is 0.381. The number of piperazine rings is 1. The maximum atomic E-state index is 12.0. The number of pyridine rings is 1. The Balaban J connectivity index is 1.16. The molecule has 10 nitrogen and oxygen atoms in total. The summed E-state index contributed by atoms with van der Waals surface area (Å²) >= 11 is 1.59. The number of ether oxygens (including phenoxy) is 1. The van der Waals surface area contributed by atoms with Crippen LogP contribution in [0.25, 0.3) is 0 Å². The van der Waals surface area contributed by atoms with Crippen LogP contribution in [-0.2, 0) is 11.8 Å². The lowest BCUT2D eigenvalue weighted by molar-refractivity contribution is -0.123. The topological polar surface area (TPSA) is 101 Å². The molecule has 0 saturated carbocycles. The van der Waals surface area contributed by atoms with Gasteiger partial charge in [0.2, 0.25) is 5.88 Å². The van der Waals surface area contributed by atoms with Gasteiger partial charge in [0.1, 0.15) is 5.82 Å². The molecule has 0 spiro atoms. The van der Waals surface area contributed by atoms with Crippen LogP contribution in [0.5, 0.6) is 5.88 Å². The van der Waals surface area contributed by atoms with Crippen LogP contribution in [0, 0.1) is 0 Å². The first-order chi connectivity index (χ1) is 15.7. The molecule has 11 heteroatoms. The molecule has 1 fully saturated rings. The Hall–Kier alpha value is -3.34. The van der Waals surface area contributed by atoms with Crippen molar-refractivity contribution in [1.82, 2.24) is 30.0 Å². The van der Waals surface area contributed by atoms with E-state index in [1.807, 2.05) is 48.3 Å². The molecule has 4 heterocycles. The first-order valence-electron chi connectivity index (χ1n) is 10.4. The van der Waals surface area contributed by atoms with E-state index in [0.717, 1.165) is 48.7 Å². The van der Waals surface area contributed by atoms with Gasteiger partial charge in [-0.1, -0.05) is 17.8 Å². The minimum atomic E-state index is -0.193. The lowest BCUT2D eigenvalue weighted by Crippen LogP contribution is -2.47. The molecule has 0 aromatic carbocycles. The number of amides is 1. The van der Waals surface area contributed by atoms with E-state index in [4.69, 9.17) is 4.74 Å². The fourth-order valence-electron chi connectivity index (χ4n) is 3.28. The van der Waals surface area contributed by atoms with Gasteiger partial charge in [0.05, 0.1) is 0 Å². The number of imidazole rings is 1. The molecule has 3 aromatic heterocycles. The predicted octanol–water partition coefficient (Wildman–Crippen LogP) is 1.22. The summed E-state index contributed by atoms with van der Waals surface area (Å²) in [5.41, 5.74) is 0. The van der Waals surface area contributed by atoms with Crippen molar-refractivity contribution in [2.24, 2.45) is 7.05 Å². The highest BCUT2D eigenvalue weighted by Gasteiger charge is 2.19. The van der Waals surface area contributed by atoms with Crippen LogP contribution < -0.4 is 19.9 Å². The number of carbonyl (C=O) groups is 1. The minimum absolute atomic E-state index is 0.0934. The molecule has 0 atom stereocenters. The normalized spacial score (nSPS) is 13.8. The van der Waals surface area contributed by atoms with Gasteiger partial charge in [0.25, 0.3) is 5.91 Å². The average molecular weight is 455 g/mol. The summed E-state index contributed by atoms with van der Waals surface area (Å²) in [5, 5.41) is 12.1. The van der Waals surface area contributed by atoms with Gasteiger partial charge in [-0.15, -0.1) is 10.2 Å². The first-order valence-corrected chi connectivity index (χ1v) is 11.4. The number of carbonyl (C=O) groups excluding carboxylic acids is 1. The molecular formula is C21H26N8O2S. The maximum absolute atomic E-state index is 12.0. The number of hydrogen-bond donors (Lipinski definition) is 1. The molecule has 1 aliphatic rings. The fourth-order valence-corrected chi connectivity index (χ4v) is 4.06. The van der Waals surface area contributed by atoms with E-state index in [2.05, 4.69) is 35.3 Å². The predicted molar refractivity (Wildman–Crippen MR) is 123 cm³/mol. The van der Waals surface area contributed by atoms with Crippen molar-refractivity contribution < 1.29 is 9.53 Å². The van der Waals surface area contributed by atoms with Crippen molar-refractivity contribution >= 4 is 29.3 Å². The zero-order valence-electron chi connectivity index (χ0n) is 17.9. The lowest BCUT2D eigenvalue weighted by atomic mass is 10.3. The zero-order chi connectivity index (χ0) is 22.2. The van der Waals surface area contributed by atoms with Crippen molar-refractivity contribution in [3.63, 3.8) is 0 Å². The number of anilines is 2. The summed E-state index contributed by atoms with van der Waals surface area (Å²) < 4.78 is 7.41. The molecular weight excluding hydrogens is 428 g/mol. The summed E-state index contributed by atoms with van der Waals surface area (Å²) in [6.45, 7) is 3.86. The molecule has 32 heavy (non-hydrogen) atoms. The molecule has 0 aliphatic carbocycles. The van der Waals surface area contributed by atoms with E-state index < -0.39 is 0 Å². The van der Waals surface area contributed by atoms with Crippen LogP contribution in [0.2, 0.25) is 0 Å². The van der Waals surface area contributed by atoms with Crippen molar-refractivity contribution in [2.45, 2.75) is 5.16 Å². The van der Waals surface area contributed by atoms with Gasteiger partial charge >= 0.3 is 0 Å². The van der Waals surface area contributed by atoms with E-state index in [0.29, 0.717) is 12.4 Å². The minimum Gasteiger partial charge on any atom is -0.466 e. The monoisotopic (exact) mass is 454 g/mol. The van der Waals surface area contributed by atoms with Crippen molar-refractivity contribution in [3.05, 3.63) is 48.9 Å². The van der Waals surface area contributed by atoms with Gasteiger partial charge in [-0.3, -0.25) is 4.79 Å². The second kappa shape index (κ2) is 10.8. The van der Waals surface area contributed by atoms with Crippen molar-refractivity contribution in [1.29, 1.82) is 0 Å². The standard InChI is InChI=1S/C21H26N8O2S/c1-27-10-8-24-21(27)32-15-9-23-19(30)16-31-20-6-5-18(25-26-20)29-13-11-28(12-14-29)17-4-2-3-7-22-17/h2-8,10H,9,11-16H2,1H3,(H,23,30). The van der Waals surface area contributed by atoms with Crippen LogP contribution in [0.15, 0.2) is 54.1 Å². The summed E-state index contributed by atoms with van der Waals surface area (Å²) in [7, 11) is 1.94. The molecule has 1 saturated heterocycles. The van der Waals surface area contributed by atoms with Crippen LogP contribution in [0.3, 0.4) is 0 Å². The van der Waals surface area contributed by atoms with E-state index in [1.165, 1.54) is 0 Å². The largest absolute Gasteiger partial charge is 0.466 e. The molecule has 1 amide bonds. The molecule has 3 aromatic rings. The Morgan fingerprint density at radius 1 is 1.03 bits per heavy atom. The van der Waals surface area contributed by atoms with Gasteiger partial charge in [-0.2, -0.15) is 0 Å². The quantitative estimate of drug-likeness (QED) is 0.378. The van der Waals surface area contributed by atoms with Gasteiger partial charge in [0.15, 0.2) is 17.6 Å². The van der Waals surface area contributed by atoms with E-state index in [1.54, 1.807) is 24.0 Å². The van der Waals surface area contributed by atoms with E-state index >= 15 is 0 Å². The molecule has 4 rings (SSSR count). The van der Waals surface area contributed by atoms with Crippen LogP contribution in [0.1, 0.15) is 0 Å². The third-order valence-electron chi connectivity index (χ3n) is 4.99. The van der Waals surface area contributed by atoms with E-state index in [-0.39, 0.29) is 12.5 Å². The Bertz CT molecular complexity index is 991. The first kappa shape index (κ1) is 21.9. The third kappa shape index (κ3) is 5.88. The third-order valence-corrected chi connectivity index (χ3v) is 6.05. The molecule has 168 valence electrons. The van der Waals surface area contributed by atoms with Gasteiger partial charge < -0.3 is 24.4 Å². The summed E-state index contributed by atoms with van der Waals surface area (Å²) in [6, 6.07) is 9.57. The Labute approximate surface area is 191 Å². The number of hydrogen-bond acceptors (Lipinski definition) is 9. The Kier molecular flexibility index (Phi) is 7.38. The van der Waals surface area contributed by atoms with Crippen molar-refractivity contribution in [3.8, 4) is 5.88 Å². The molecule has 1 N–H and O–H groups in total. The SMILES string of the molecule is Cn1ccnc1SCCNC(=O)COc1ccc(N2CCN(c3ccccn3)CC2)nn1. The molecule has 0 bridgehead atoms. The summed E-state index contributed by atoms with van der Waals surface area (Å²) in [4.78, 5) is 25.1. The number of nitrogens with zero attached hydrogens (tertiary/aromatic N) is 7. The highest BCUT2D eigenvalue weighted by atomic mass is 32.2. The number of thioether (sulfide) groups is 1.